The van der Waals surface area contributed by atoms with Crippen LogP contribution < -0.4 is 4.72 Å². The Morgan fingerprint density at radius 3 is 2.57 bits per heavy atom. The topological polar surface area (TPSA) is 101 Å². The van der Waals surface area contributed by atoms with Crippen molar-refractivity contribution in [3.63, 3.8) is 0 Å². The molecule has 0 amide bonds. The molecule has 1 atom stereocenters. The van der Waals surface area contributed by atoms with E-state index in [4.69, 9.17) is 5.11 Å². The molecule has 6 nitrogen and oxygen atoms in total. The van der Waals surface area contributed by atoms with Gasteiger partial charge in [-0.15, -0.1) is 0 Å². The number of carboxylic acid groups (broad SMARTS) is 1. The quantitative estimate of drug-likeness (QED) is 0.678. The number of nitrogens with one attached hydrogen (secondary N) is 1. The van der Waals surface area contributed by atoms with E-state index < -0.39 is 26.8 Å². The van der Waals surface area contributed by atoms with Crippen LogP contribution in [0.4, 0.5) is 0 Å². The minimum Gasteiger partial charge on any atom is -0.478 e. The molecule has 1 unspecified atom stereocenters. The summed E-state index contributed by atoms with van der Waals surface area (Å²) >= 11 is 3.16. The summed E-state index contributed by atoms with van der Waals surface area (Å²) in [5.41, 5.74) is 0.391. The summed E-state index contributed by atoms with van der Waals surface area (Å²) in [6.07, 6.45) is 1.99. The third-order valence-corrected chi connectivity index (χ3v) is 5.89. The molecule has 0 spiro atoms. The molecule has 1 rings (SSSR count). The molecule has 1 aromatic carbocycles. The van der Waals surface area contributed by atoms with Gasteiger partial charge in [0, 0.05) is 33.8 Å². The summed E-state index contributed by atoms with van der Waals surface area (Å²) in [6, 6.07) is 2.49. The molecule has 9 heteroatoms. The van der Waals surface area contributed by atoms with Gasteiger partial charge in [0.25, 0.3) is 0 Å². The maximum absolute atomic E-state index is 12.1. The van der Waals surface area contributed by atoms with Gasteiger partial charge in [-0.05, 0) is 31.0 Å². The van der Waals surface area contributed by atoms with Crippen molar-refractivity contribution in [1.82, 2.24) is 4.72 Å². The Kier molecular flexibility index (Phi) is 6.51. The van der Waals surface area contributed by atoms with Gasteiger partial charge in [0.1, 0.15) is 0 Å². The van der Waals surface area contributed by atoms with Crippen molar-refractivity contribution in [3.05, 3.63) is 27.7 Å². The van der Waals surface area contributed by atoms with E-state index in [0.29, 0.717) is 22.2 Å². The smallest absolute Gasteiger partial charge is 0.336 e. The van der Waals surface area contributed by atoms with Gasteiger partial charge in [-0.25, -0.2) is 17.9 Å². The highest BCUT2D eigenvalue weighted by atomic mass is 79.9. The van der Waals surface area contributed by atoms with Crippen LogP contribution in [0.5, 0.6) is 0 Å². The van der Waals surface area contributed by atoms with Crippen molar-refractivity contribution in [1.29, 1.82) is 0 Å². The van der Waals surface area contributed by atoms with Gasteiger partial charge in [0.15, 0.2) is 0 Å². The second-order valence-electron chi connectivity index (χ2n) is 4.41. The average molecular weight is 398 g/mol. The van der Waals surface area contributed by atoms with Gasteiger partial charge in [0.05, 0.1) is 10.5 Å². The van der Waals surface area contributed by atoms with E-state index in [9.17, 15) is 17.4 Å². The predicted octanol–water partition coefficient (Wildman–Crippen LogP) is 1.50. The maximum atomic E-state index is 12.1. The van der Waals surface area contributed by atoms with Crippen LogP contribution in [0.15, 0.2) is 21.5 Å². The van der Waals surface area contributed by atoms with E-state index in [1.807, 2.05) is 0 Å². The molecule has 0 aliphatic carbocycles. The third-order valence-electron chi connectivity index (χ3n) is 2.76. The van der Waals surface area contributed by atoms with E-state index >= 15 is 0 Å². The van der Waals surface area contributed by atoms with Gasteiger partial charge in [-0.3, -0.25) is 4.21 Å². The largest absolute Gasteiger partial charge is 0.478 e. The van der Waals surface area contributed by atoms with Crippen molar-refractivity contribution >= 4 is 42.7 Å². The van der Waals surface area contributed by atoms with E-state index in [1.165, 1.54) is 6.07 Å². The lowest BCUT2D eigenvalue weighted by atomic mass is 10.1. The van der Waals surface area contributed by atoms with E-state index in [-0.39, 0.29) is 17.0 Å². The van der Waals surface area contributed by atoms with Crippen LogP contribution in [0.3, 0.4) is 0 Å². The van der Waals surface area contributed by atoms with E-state index in [0.717, 1.165) is 6.07 Å². The zero-order valence-corrected chi connectivity index (χ0v) is 14.8. The molecule has 0 radical (unpaired) electrons. The average Bonchev–Trinajstić information content (AvgIpc) is 2.37. The number of sulfonamides is 1. The second-order valence-corrected chi connectivity index (χ2v) is 8.59. The highest BCUT2D eigenvalue weighted by Crippen LogP contribution is 2.24. The predicted molar refractivity (Wildman–Crippen MR) is 84.6 cm³/mol. The summed E-state index contributed by atoms with van der Waals surface area (Å²) in [4.78, 5) is 11.0. The molecule has 0 heterocycles. The molecule has 0 fully saturated rings. The van der Waals surface area contributed by atoms with Crippen LogP contribution in [0.1, 0.15) is 22.3 Å². The fourth-order valence-corrected chi connectivity index (χ4v) is 3.88. The van der Waals surface area contributed by atoms with Crippen molar-refractivity contribution in [2.45, 2.75) is 18.2 Å². The molecule has 2 N–H and O–H groups in total. The number of hydrogen-bond donors (Lipinski definition) is 2. The van der Waals surface area contributed by atoms with Gasteiger partial charge < -0.3 is 5.11 Å². The number of aromatic carboxylic acids is 1. The molecule has 21 heavy (non-hydrogen) atoms. The Morgan fingerprint density at radius 2 is 2.05 bits per heavy atom. The SMILES string of the molecule is Cc1c(Br)cc(S(=O)(=O)NCCCS(C)=O)cc1C(=O)O. The lowest BCUT2D eigenvalue weighted by Crippen LogP contribution is -2.26. The van der Waals surface area contributed by atoms with E-state index in [2.05, 4.69) is 20.7 Å². The fourth-order valence-electron chi connectivity index (χ4n) is 1.60. The zero-order valence-electron chi connectivity index (χ0n) is 11.6. The van der Waals surface area contributed by atoms with Gasteiger partial charge in [-0.1, -0.05) is 15.9 Å². The van der Waals surface area contributed by atoms with Crippen LogP contribution in [0.25, 0.3) is 0 Å². The lowest BCUT2D eigenvalue weighted by Gasteiger charge is -2.10. The molecule has 0 saturated carbocycles. The standard InChI is InChI=1S/C12H16BrNO5S2/c1-8-10(12(15)16)6-9(7-11(8)13)21(18,19)14-4-3-5-20(2)17/h6-7,14H,3-5H2,1-2H3,(H,15,16). The van der Waals surface area contributed by atoms with Gasteiger partial charge >= 0.3 is 5.97 Å². The molecular weight excluding hydrogens is 382 g/mol. The van der Waals surface area contributed by atoms with Crippen molar-refractivity contribution < 1.29 is 22.5 Å². The normalized spacial score (nSPS) is 13.1. The highest BCUT2D eigenvalue weighted by Gasteiger charge is 2.19. The van der Waals surface area contributed by atoms with Crippen molar-refractivity contribution in [3.8, 4) is 0 Å². The summed E-state index contributed by atoms with van der Waals surface area (Å²) in [7, 11) is -4.77. The number of rotatable bonds is 7. The summed E-state index contributed by atoms with van der Waals surface area (Å²) in [5.74, 6) is -0.785. The van der Waals surface area contributed by atoms with Crippen molar-refractivity contribution in [2.75, 3.05) is 18.6 Å². The van der Waals surface area contributed by atoms with Crippen molar-refractivity contribution in [2.24, 2.45) is 0 Å². The first-order valence-electron chi connectivity index (χ1n) is 5.98. The molecule has 0 aliphatic rings. The molecule has 0 bridgehead atoms. The lowest BCUT2D eigenvalue weighted by molar-refractivity contribution is 0.0695. The Morgan fingerprint density at radius 1 is 1.43 bits per heavy atom. The van der Waals surface area contributed by atoms with Crippen LogP contribution >= 0.6 is 15.9 Å². The molecule has 0 aromatic heterocycles. The molecule has 118 valence electrons. The number of benzene rings is 1. The summed E-state index contributed by atoms with van der Waals surface area (Å²) < 4.78 is 37.9. The zero-order chi connectivity index (χ0) is 16.2. The Bertz CT molecular complexity index is 672. The molecule has 0 aliphatic heterocycles. The number of carbonyl (C=O) groups is 1. The monoisotopic (exact) mass is 397 g/mol. The minimum atomic E-state index is -3.80. The first-order valence-corrected chi connectivity index (χ1v) is 9.98. The maximum Gasteiger partial charge on any atom is 0.336 e. The first kappa shape index (κ1) is 18.3. The Labute approximate surface area is 134 Å². The summed E-state index contributed by atoms with van der Waals surface area (Å²) in [5, 5.41) is 9.09. The number of carboxylic acids is 1. The van der Waals surface area contributed by atoms with Crippen LogP contribution in [-0.2, 0) is 20.8 Å². The van der Waals surface area contributed by atoms with Crippen LogP contribution in [0.2, 0.25) is 0 Å². The number of hydrogen-bond acceptors (Lipinski definition) is 4. The van der Waals surface area contributed by atoms with Crippen LogP contribution in [-0.4, -0.2) is 42.3 Å². The molecule has 1 aromatic rings. The second kappa shape index (κ2) is 7.48. The van der Waals surface area contributed by atoms with Crippen LogP contribution in [0, 0.1) is 6.92 Å². The Balaban J connectivity index is 2.98. The fraction of sp³-hybridized carbons (Fsp3) is 0.417. The van der Waals surface area contributed by atoms with Gasteiger partial charge in [0.2, 0.25) is 10.0 Å². The molecule has 0 saturated heterocycles. The Hall–Kier alpha value is -0.770. The number of halogens is 1. The summed E-state index contributed by atoms with van der Waals surface area (Å²) in [6.45, 7) is 1.74. The molecular formula is C12H16BrNO5S2. The van der Waals surface area contributed by atoms with E-state index in [1.54, 1.807) is 13.2 Å². The third kappa shape index (κ3) is 5.17. The highest BCUT2D eigenvalue weighted by molar-refractivity contribution is 9.10. The first-order chi connectivity index (χ1) is 9.65. The minimum absolute atomic E-state index is 0.0700. The van der Waals surface area contributed by atoms with Gasteiger partial charge in [-0.2, -0.15) is 0 Å².